The molecule has 2 amide bonds. The van der Waals surface area contributed by atoms with Crippen LogP contribution in [0.25, 0.3) is 0 Å². The average molecular weight is 367 g/mol. The molecule has 1 N–H and O–H groups in total. The van der Waals surface area contributed by atoms with Gasteiger partial charge in [-0.15, -0.1) is 0 Å². The van der Waals surface area contributed by atoms with E-state index in [1.165, 1.54) is 0 Å². The van der Waals surface area contributed by atoms with Gasteiger partial charge in [0.2, 0.25) is 11.8 Å². The Labute approximate surface area is 162 Å². The Bertz CT molecular complexity index is 768. The highest BCUT2D eigenvalue weighted by Gasteiger charge is 2.38. The van der Waals surface area contributed by atoms with Crippen LogP contribution < -0.4 is 10.2 Å². The van der Waals surface area contributed by atoms with Gasteiger partial charge >= 0.3 is 0 Å². The Kier molecular flexibility index (Phi) is 6.61. The van der Waals surface area contributed by atoms with Crippen molar-refractivity contribution < 1.29 is 9.59 Å². The molecule has 0 spiro atoms. The summed E-state index contributed by atoms with van der Waals surface area (Å²) < 4.78 is 0. The molecule has 5 heteroatoms. The minimum Gasteiger partial charge on any atom is -0.378 e. The first-order chi connectivity index (χ1) is 12.8. The predicted octanol–water partition coefficient (Wildman–Crippen LogP) is 3.77. The number of carbonyl (C=O) groups is 2. The maximum atomic E-state index is 13.0. The van der Waals surface area contributed by atoms with E-state index in [1.54, 1.807) is 18.7 Å². The SMILES string of the molecule is CCN(Cc1ccccc1)C(=O)C(C)(C)C(=O)Nc1ccc(N(C)C)cc1. The van der Waals surface area contributed by atoms with E-state index in [-0.39, 0.29) is 11.8 Å². The van der Waals surface area contributed by atoms with E-state index < -0.39 is 5.41 Å². The lowest BCUT2D eigenvalue weighted by atomic mass is 9.90. The van der Waals surface area contributed by atoms with E-state index in [0.29, 0.717) is 18.8 Å². The van der Waals surface area contributed by atoms with Crippen molar-refractivity contribution in [2.24, 2.45) is 5.41 Å². The molecule has 2 rings (SSSR count). The lowest BCUT2D eigenvalue weighted by molar-refractivity contribution is -0.146. The van der Waals surface area contributed by atoms with Gasteiger partial charge in [-0.2, -0.15) is 0 Å². The fraction of sp³-hybridized carbons (Fsp3) is 0.364. The molecular weight excluding hydrogens is 338 g/mol. The maximum absolute atomic E-state index is 13.0. The van der Waals surface area contributed by atoms with Gasteiger partial charge < -0.3 is 15.1 Å². The molecule has 0 bridgehead atoms. The Morgan fingerprint density at radius 1 is 0.963 bits per heavy atom. The van der Waals surface area contributed by atoms with Crippen molar-refractivity contribution in [2.45, 2.75) is 27.3 Å². The third-order valence-corrected chi connectivity index (χ3v) is 4.63. The molecule has 0 aliphatic rings. The van der Waals surface area contributed by atoms with Gasteiger partial charge in [0.05, 0.1) is 0 Å². The molecule has 5 nitrogen and oxygen atoms in total. The molecule has 0 radical (unpaired) electrons. The van der Waals surface area contributed by atoms with Crippen LogP contribution in [0.4, 0.5) is 11.4 Å². The van der Waals surface area contributed by atoms with Crippen LogP contribution in [0.5, 0.6) is 0 Å². The number of carbonyl (C=O) groups excluding carboxylic acids is 2. The van der Waals surface area contributed by atoms with Crippen LogP contribution in [0, 0.1) is 5.41 Å². The van der Waals surface area contributed by atoms with Crippen molar-refractivity contribution in [3.63, 3.8) is 0 Å². The number of amides is 2. The van der Waals surface area contributed by atoms with Crippen molar-refractivity contribution in [1.82, 2.24) is 4.90 Å². The number of nitrogens with zero attached hydrogens (tertiary/aromatic N) is 2. The Hall–Kier alpha value is -2.82. The molecule has 0 saturated carbocycles. The van der Waals surface area contributed by atoms with Crippen molar-refractivity contribution in [1.29, 1.82) is 0 Å². The molecule has 144 valence electrons. The van der Waals surface area contributed by atoms with Gasteiger partial charge in [-0.1, -0.05) is 30.3 Å². The van der Waals surface area contributed by atoms with E-state index in [0.717, 1.165) is 11.3 Å². The summed E-state index contributed by atoms with van der Waals surface area (Å²) in [5.41, 5.74) is 1.61. The second-order valence-electron chi connectivity index (χ2n) is 7.33. The fourth-order valence-electron chi connectivity index (χ4n) is 2.75. The lowest BCUT2D eigenvalue weighted by Crippen LogP contribution is -2.47. The monoisotopic (exact) mass is 367 g/mol. The van der Waals surface area contributed by atoms with Gasteiger partial charge in [-0.05, 0) is 50.6 Å². The van der Waals surface area contributed by atoms with Gasteiger partial charge in [0, 0.05) is 38.6 Å². The number of hydrogen-bond acceptors (Lipinski definition) is 3. The molecule has 0 saturated heterocycles. The second kappa shape index (κ2) is 8.71. The first-order valence-electron chi connectivity index (χ1n) is 9.18. The van der Waals surface area contributed by atoms with Crippen LogP contribution in [0.2, 0.25) is 0 Å². The Balaban J connectivity index is 2.09. The Morgan fingerprint density at radius 3 is 2.07 bits per heavy atom. The van der Waals surface area contributed by atoms with Crippen LogP contribution in [-0.2, 0) is 16.1 Å². The lowest BCUT2D eigenvalue weighted by Gasteiger charge is -2.30. The molecule has 0 aliphatic heterocycles. The van der Waals surface area contributed by atoms with Gasteiger partial charge in [-0.3, -0.25) is 9.59 Å². The summed E-state index contributed by atoms with van der Waals surface area (Å²) in [4.78, 5) is 29.5. The van der Waals surface area contributed by atoms with Crippen molar-refractivity contribution in [3.05, 3.63) is 60.2 Å². The summed E-state index contributed by atoms with van der Waals surface area (Å²) in [5, 5.41) is 2.87. The Morgan fingerprint density at radius 2 is 1.56 bits per heavy atom. The van der Waals surface area contributed by atoms with E-state index in [1.807, 2.05) is 80.5 Å². The first kappa shape index (κ1) is 20.5. The number of hydrogen-bond donors (Lipinski definition) is 1. The first-order valence-corrected chi connectivity index (χ1v) is 9.18. The van der Waals surface area contributed by atoms with Crippen LogP contribution in [0.15, 0.2) is 54.6 Å². The summed E-state index contributed by atoms with van der Waals surface area (Å²) in [6, 6.07) is 17.3. The number of nitrogens with one attached hydrogen (secondary N) is 1. The summed E-state index contributed by atoms with van der Waals surface area (Å²) in [5.74, 6) is -0.493. The number of benzene rings is 2. The number of anilines is 2. The summed E-state index contributed by atoms with van der Waals surface area (Å²) in [6.07, 6.45) is 0. The van der Waals surface area contributed by atoms with Crippen LogP contribution in [-0.4, -0.2) is 37.4 Å². The molecule has 0 heterocycles. The molecule has 0 aromatic heterocycles. The molecule has 2 aromatic carbocycles. The topological polar surface area (TPSA) is 52.7 Å². The van der Waals surface area contributed by atoms with Crippen molar-refractivity contribution in [2.75, 3.05) is 30.9 Å². The quantitative estimate of drug-likeness (QED) is 0.758. The zero-order valence-electron chi connectivity index (χ0n) is 16.8. The van der Waals surface area contributed by atoms with Gasteiger partial charge in [-0.25, -0.2) is 0 Å². The molecule has 0 unspecified atom stereocenters. The predicted molar refractivity (Wildman–Crippen MR) is 111 cm³/mol. The fourth-order valence-corrected chi connectivity index (χ4v) is 2.75. The summed E-state index contributed by atoms with van der Waals surface area (Å²) in [6.45, 7) is 6.31. The number of rotatable bonds is 7. The highest BCUT2D eigenvalue weighted by Crippen LogP contribution is 2.24. The highest BCUT2D eigenvalue weighted by atomic mass is 16.2. The van der Waals surface area contributed by atoms with E-state index in [4.69, 9.17) is 0 Å². The van der Waals surface area contributed by atoms with Crippen molar-refractivity contribution in [3.8, 4) is 0 Å². The zero-order chi connectivity index (χ0) is 20.0. The molecule has 27 heavy (non-hydrogen) atoms. The zero-order valence-corrected chi connectivity index (χ0v) is 16.8. The van der Waals surface area contributed by atoms with Gasteiger partial charge in [0.25, 0.3) is 0 Å². The smallest absolute Gasteiger partial charge is 0.239 e. The van der Waals surface area contributed by atoms with Crippen LogP contribution in [0.3, 0.4) is 0 Å². The molecule has 0 atom stereocenters. The minimum absolute atomic E-state index is 0.184. The van der Waals surface area contributed by atoms with Gasteiger partial charge in [0.15, 0.2) is 0 Å². The van der Waals surface area contributed by atoms with E-state index in [2.05, 4.69) is 5.32 Å². The van der Waals surface area contributed by atoms with Crippen molar-refractivity contribution >= 4 is 23.2 Å². The van der Waals surface area contributed by atoms with Crippen LogP contribution >= 0.6 is 0 Å². The average Bonchev–Trinajstić information content (AvgIpc) is 2.66. The van der Waals surface area contributed by atoms with Crippen LogP contribution in [0.1, 0.15) is 26.3 Å². The maximum Gasteiger partial charge on any atom is 0.239 e. The highest BCUT2D eigenvalue weighted by molar-refractivity contribution is 6.09. The third-order valence-electron chi connectivity index (χ3n) is 4.63. The normalized spacial score (nSPS) is 11.0. The standard InChI is InChI=1S/C22H29N3O2/c1-6-25(16-17-10-8-7-9-11-17)21(27)22(2,3)20(26)23-18-12-14-19(15-13-18)24(4)5/h7-15H,6,16H2,1-5H3,(H,23,26). The minimum atomic E-state index is -1.16. The second-order valence-corrected chi connectivity index (χ2v) is 7.33. The molecular formula is C22H29N3O2. The third kappa shape index (κ3) is 5.09. The largest absolute Gasteiger partial charge is 0.378 e. The molecule has 2 aromatic rings. The van der Waals surface area contributed by atoms with Gasteiger partial charge in [0.1, 0.15) is 5.41 Å². The van der Waals surface area contributed by atoms with E-state index >= 15 is 0 Å². The summed E-state index contributed by atoms with van der Waals surface area (Å²) in [7, 11) is 3.92. The molecule has 0 fully saturated rings. The molecule has 0 aliphatic carbocycles. The van der Waals surface area contributed by atoms with E-state index in [9.17, 15) is 9.59 Å². The summed E-state index contributed by atoms with van der Waals surface area (Å²) >= 11 is 0.